The predicted octanol–water partition coefficient (Wildman–Crippen LogP) is 5.30. The fourth-order valence-corrected chi connectivity index (χ4v) is 11.0. The number of nitrogens with zero attached hydrogens (tertiary/aromatic N) is 1. The number of aliphatic hydroxyl groups excluding tert-OH is 1. The Morgan fingerprint density at radius 3 is 2.28 bits per heavy atom. The number of carbonyl (C=O) groups excluding carboxylic acids is 6. The lowest BCUT2D eigenvalue weighted by atomic mass is 9.78. The number of Topliss-reactive ketones (excluding diaryl/α,β-unsaturated/α-hetero) is 3. The second-order valence-corrected chi connectivity index (χ2v) is 22.5. The van der Waals surface area contributed by atoms with Crippen LogP contribution in [0.4, 0.5) is 0 Å². The van der Waals surface area contributed by atoms with Gasteiger partial charge in [0.15, 0.2) is 11.5 Å². The van der Waals surface area contributed by atoms with Crippen molar-refractivity contribution >= 4 is 45.2 Å². The number of hydrogen-bond donors (Lipinski definition) is 3. The number of nitrogens with one attached hydrogen (secondary N) is 1. The van der Waals surface area contributed by atoms with E-state index in [4.69, 9.17) is 33.2 Å². The van der Waals surface area contributed by atoms with E-state index in [1.807, 2.05) is 13.0 Å². The van der Waals surface area contributed by atoms with Gasteiger partial charge in [-0.3, -0.25) is 24.0 Å². The summed E-state index contributed by atoms with van der Waals surface area (Å²) >= 11 is 0. The van der Waals surface area contributed by atoms with Gasteiger partial charge in [0, 0.05) is 71.8 Å². The number of likely N-dealkylation sites (N-methyl/N-ethyl adjacent to an activating group) is 1. The quantitative estimate of drug-likeness (QED) is 0.0814. The van der Waals surface area contributed by atoms with Gasteiger partial charge in [-0.1, -0.05) is 69.7 Å². The lowest BCUT2D eigenvalue weighted by Gasteiger charge is -2.42. The van der Waals surface area contributed by atoms with Crippen LogP contribution in [0.5, 0.6) is 0 Å². The third kappa shape index (κ3) is 19.8. The number of ether oxygens (including phenoxy) is 7. The van der Waals surface area contributed by atoms with Gasteiger partial charge < -0.3 is 48.3 Å². The molecule has 75 heavy (non-hydrogen) atoms. The smallest absolute Gasteiger partial charge is 0.328 e. The van der Waals surface area contributed by atoms with Crippen LogP contribution >= 0.6 is 0 Å². The van der Waals surface area contributed by atoms with E-state index in [1.54, 1.807) is 86.1 Å². The van der Waals surface area contributed by atoms with Crippen LogP contribution in [0.15, 0.2) is 47.6 Å². The highest BCUT2D eigenvalue weighted by Gasteiger charge is 2.52. The summed E-state index contributed by atoms with van der Waals surface area (Å²) in [6.07, 6.45) is 9.83. The average molecular weight is 1080 g/mol. The maximum Gasteiger partial charge on any atom is 0.328 e. The number of ketones is 3. The molecule has 1 aliphatic carbocycles. The summed E-state index contributed by atoms with van der Waals surface area (Å²) < 4.78 is 68.9. The Morgan fingerprint density at radius 1 is 0.920 bits per heavy atom. The Labute approximate surface area is 445 Å². The summed E-state index contributed by atoms with van der Waals surface area (Å²) in [7, 11) is 1.54. The molecule has 14 atom stereocenters. The minimum atomic E-state index is -4.29. The number of cyclic esters (lactones) is 1. The van der Waals surface area contributed by atoms with Crippen molar-refractivity contribution in [3.05, 3.63) is 47.6 Å². The van der Waals surface area contributed by atoms with Crippen molar-refractivity contribution in [1.82, 2.24) is 9.62 Å². The number of allylic oxidation sites excluding steroid dienone is 6. The fourth-order valence-electron chi connectivity index (χ4n) is 9.86. The van der Waals surface area contributed by atoms with Crippen molar-refractivity contribution < 1.29 is 80.6 Å². The molecule has 0 aromatic heterocycles. The van der Waals surface area contributed by atoms with Gasteiger partial charge in [0.1, 0.15) is 30.1 Å². The summed E-state index contributed by atoms with van der Waals surface area (Å²) in [5.41, 5.74) is 0.823. The van der Waals surface area contributed by atoms with E-state index in [9.17, 15) is 47.4 Å². The van der Waals surface area contributed by atoms with Gasteiger partial charge in [0.05, 0.1) is 24.9 Å². The molecule has 0 radical (unpaired) electrons. The molecule has 2 bridgehead atoms. The van der Waals surface area contributed by atoms with Crippen molar-refractivity contribution in [2.75, 3.05) is 54.0 Å². The van der Waals surface area contributed by atoms with E-state index in [1.165, 1.54) is 21.1 Å². The number of methoxy groups -OCH3 is 3. The number of sulfonamides is 1. The van der Waals surface area contributed by atoms with E-state index in [2.05, 4.69) is 4.72 Å². The van der Waals surface area contributed by atoms with Gasteiger partial charge >= 0.3 is 11.9 Å². The van der Waals surface area contributed by atoms with E-state index in [-0.39, 0.29) is 62.0 Å². The fraction of sp³-hybridized carbons (Fsp3) is 0.745. The molecule has 2 heterocycles. The normalized spacial score (nSPS) is 34.9. The molecule has 1 saturated heterocycles. The molecular formula is C55H88N2O17S. The molecule has 0 aromatic rings. The van der Waals surface area contributed by atoms with Crippen LogP contribution in [-0.2, 0) is 71.9 Å². The van der Waals surface area contributed by atoms with Crippen molar-refractivity contribution in [2.24, 2.45) is 29.6 Å². The van der Waals surface area contributed by atoms with E-state index in [0.29, 0.717) is 50.0 Å². The highest BCUT2D eigenvalue weighted by atomic mass is 32.2. The molecule has 0 aromatic carbocycles. The highest BCUT2D eigenvalue weighted by molar-refractivity contribution is 7.90. The lowest BCUT2D eigenvalue weighted by molar-refractivity contribution is -0.263. The SMILES string of the molecule is CCOC(=O)CS(=O)(=O)NC1C[C@H]2CC[C@H](C)[C@](O)(O2)C(=O)C(=O)N(C)C(C)C(=O)OC([C@H](C)C[C@@H]2CC[C@@H](OCCCOC)[C@H](OC)C2)CC(=O)C(C)/C=C(/C)C(O)C(OC)C(=O)C(C)CC\C=C/C=C\C=C/1C. The van der Waals surface area contributed by atoms with Gasteiger partial charge in [-0.2, -0.15) is 0 Å². The van der Waals surface area contributed by atoms with Crippen LogP contribution in [0.1, 0.15) is 126 Å². The first kappa shape index (κ1) is 65.3. The molecule has 19 nitrogen and oxygen atoms in total. The summed E-state index contributed by atoms with van der Waals surface area (Å²) in [5.74, 6) is -11.2. The molecule has 20 heteroatoms. The van der Waals surface area contributed by atoms with Crippen molar-refractivity contribution in [1.29, 1.82) is 0 Å². The number of esters is 2. The Hall–Kier alpha value is -3.99. The minimum Gasteiger partial charge on any atom is -0.465 e. The molecule has 3 rings (SSSR count). The van der Waals surface area contributed by atoms with E-state index < -0.39 is 105 Å². The number of aliphatic hydroxyl groups is 2. The number of hydrogen-bond acceptors (Lipinski definition) is 17. The first-order chi connectivity index (χ1) is 35.3. The Balaban J connectivity index is 2.04. The molecule has 2 fully saturated rings. The maximum atomic E-state index is 14.2. The number of rotatable bonds is 15. The van der Waals surface area contributed by atoms with Crippen LogP contribution in [-0.4, -0.2) is 167 Å². The zero-order valence-electron chi connectivity index (χ0n) is 46.4. The van der Waals surface area contributed by atoms with Crippen LogP contribution < -0.4 is 4.72 Å². The first-order valence-electron chi connectivity index (χ1n) is 26.5. The second kappa shape index (κ2) is 31.4. The number of carbonyl (C=O) groups is 6. The van der Waals surface area contributed by atoms with Crippen LogP contribution in [0.25, 0.3) is 0 Å². The maximum absolute atomic E-state index is 14.2. The monoisotopic (exact) mass is 1080 g/mol. The predicted molar refractivity (Wildman–Crippen MR) is 280 cm³/mol. The Kier molecular flexibility index (Phi) is 27.4. The van der Waals surface area contributed by atoms with E-state index >= 15 is 0 Å². The lowest BCUT2D eigenvalue weighted by Crippen LogP contribution is -2.59. The summed E-state index contributed by atoms with van der Waals surface area (Å²) in [6.45, 7) is 14.1. The Morgan fingerprint density at radius 2 is 1.63 bits per heavy atom. The van der Waals surface area contributed by atoms with E-state index in [0.717, 1.165) is 24.2 Å². The molecule has 0 spiro atoms. The van der Waals surface area contributed by atoms with Crippen molar-refractivity contribution in [3.8, 4) is 0 Å². The molecular weight excluding hydrogens is 993 g/mol. The van der Waals surface area contributed by atoms with Gasteiger partial charge in [-0.05, 0) is 109 Å². The minimum absolute atomic E-state index is 0.0303. The average Bonchev–Trinajstić information content (AvgIpc) is 3.36. The molecule has 1 saturated carbocycles. The zero-order chi connectivity index (χ0) is 56.2. The molecule has 7 unspecified atom stereocenters. The number of amides is 1. The largest absolute Gasteiger partial charge is 0.465 e. The molecule has 3 aliphatic rings. The van der Waals surface area contributed by atoms with Crippen molar-refractivity contribution in [3.63, 3.8) is 0 Å². The zero-order valence-corrected chi connectivity index (χ0v) is 47.3. The van der Waals surface area contributed by atoms with Crippen LogP contribution in [0.2, 0.25) is 0 Å². The summed E-state index contributed by atoms with van der Waals surface area (Å²) in [5, 5.41) is 23.4. The third-order valence-electron chi connectivity index (χ3n) is 14.9. The van der Waals surface area contributed by atoms with Crippen LogP contribution in [0, 0.1) is 29.6 Å². The summed E-state index contributed by atoms with van der Waals surface area (Å²) in [6, 6.07) is -2.40. The first-order valence-corrected chi connectivity index (χ1v) is 28.2. The Bertz CT molecular complexity index is 2140. The van der Waals surface area contributed by atoms with Crippen molar-refractivity contribution in [2.45, 2.75) is 181 Å². The molecule has 1 amide bonds. The molecule has 2 aliphatic heterocycles. The van der Waals surface area contributed by atoms with Crippen LogP contribution in [0.3, 0.4) is 0 Å². The van der Waals surface area contributed by atoms with Gasteiger partial charge in [-0.25, -0.2) is 17.9 Å². The standard InChI is InChI=1S/C55H88N2O17S/c1-13-71-48(59)33-75(66,67)56-43-31-42-24-22-39(7)55(65,74-42)52(62)53(63)57(9)40(8)54(64)73-46(37(5)29-41-23-25-45(47(30-41)69-11)72-27-19-26-68-10)32-44(58)36(4)28-38(6)50(61)51(70-12)49(60)35(3)21-18-16-14-15-17-20-34(43)2/h14-17,20,28,35-37,39-43,45-47,50-51,56,61,65H,13,18-19,21-27,29-33H2,1-12H3/b16-14-,17-15-,34-20-,38-28-/t35?,36?,37-,39+,40?,41+,42-,43?,45-,46?,47-,50?,51?,55+/m1/s1. The van der Waals surface area contributed by atoms with Gasteiger partial charge in [-0.15, -0.1) is 0 Å². The second-order valence-electron chi connectivity index (χ2n) is 20.8. The third-order valence-corrected chi connectivity index (χ3v) is 16.2. The molecule has 3 N–H and O–H groups in total. The molecule has 426 valence electrons. The number of fused-ring (bicyclic) bond motifs is 2. The van der Waals surface area contributed by atoms with Gasteiger partial charge in [0.25, 0.3) is 11.7 Å². The summed E-state index contributed by atoms with van der Waals surface area (Å²) in [4.78, 5) is 83.4. The topological polar surface area (TPSA) is 257 Å². The van der Waals surface area contributed by atoms with Gasteiger partial charge in [0.2, 0.25) is 15.8 Å². The highest BCUT2D eigenvalue weighted by Crippen LogP contribution is 2.37.